The molecular weight excluding hydrogens is 412 g/mol. The number of halogens is 2. The summed E-state index contributed by atoms with van der Waals surface area (Å²) in [6, 6.07) is 0.635. The van der Waals surface area contributed by atoms with E-state index in [0.29, 0.717) is 19.2 Å². The molecule has 0 bridgehead atoms. The number of nitrogens with one attached hydrogen (secondary N) is 1. The molecule has 4 rings (SSSR count). The molecule has 164 valence electrons. The van der Waals surface area contributed by atoms with Gasteiger partial charge in [0.25, 0.3) is 11.8 Å². The van der Waals surface area contributed by atoms with Gasteiger partial charge in [-0.2, -0.15) is 0 Å². The van der Waals surface area contributed by atoms with Gasteiger partial charge < -0.3 is 15.3 Å². The predicted molar refractivity (Wildman–Crippen MR) is 105 cm³/mol. The van der Waals surface area contributed by atoms with Crippen LogP contribution in [0.4, 0.5) is 8.78 Å². The number of hydrogen-bond donors (Lipinski definition) is 2. The van der Waals surface area contributed by atoms with Gasteiger partial charge in [0.2, 0.25) is 5.43 Å². The number of pyridine rings is 2. The summed E-state index contributed by atoms with van der Waals surface area (Å²) in [6.45, 7) is 2.42. The number of aromatic nitrogens is 2. The van der Waals surface area contributed by atoms with Gasteiger partial charge in [0.15, 0.2) is 11.4 Å². The van der Waals surface area contributed by atoms with Crippen LogP contribution in [0.1, 0.15) is 52.7 Å². The summed E-state index contributed by atoms with van der Waals surface area (Å²) < 4.78 is 28.1. The number of carbonyl (C=O) groups is 2. The molecule has 2 N–H and O–H groups in total. The van der Waals surface area contributed by atoms with Crippen LogP contribution in [-0.4, -0.2) is 50.7 Å². The summed E-state index contributed by atoms with van der Waals surface area (Å²) in [5.41, 5.74) is -1.79. The van der Waals surface area contributed by atoms with E-state index in [9.17, 15) is 28.3 Å². The van der Waals surface area contributed by atoms with Crippen molar-refractivity contribution in [3.8, 4) is 5.75 Å². The van der Waals surface area contributed by atoms with Crippen LogP contribution in [0.5, 0.6) is 5.75 Å². The molecule has 4 heterocycles. The average Bonchev–Trinajstić information content (AvgIpc) is 2.75. The molecule has 0 unspecified atom stereocenters. The highest BCUT2D eigenvalue weighted by atomic mass is 19.1. The lowest BCUT2D eigenvalue weighted by Crippen LogP contribution is -2.63. The zero-order valence-corrected chi connectivity index (χ0v) is 16.8. The number of piperidine rings is 1. The molecule has 0 radical (unpaired) electrons. The Labute approximate surface area is 175 Å². The van der Waals surface area contributed by atoms with Crippen LogP contribution < -0.4 is 15.8 Å². The second-order valence-corrected chi connectivity index (χ2v) is 7.41. The van der Waals surface area contributed by atoms with Gasteiger partial charge in [0.05, 0.1) is 18.4 Å². The topological polar surface area (TPSA) is 108 Å². The van der Waals surface area contributed by atoms with E-state index in [1.54, 1.807) is 4.90 Å². The zero-order chi connectivity index (χ0) is 22.3. The van der Waals surface area contributed by atoms with Crippen LogP contribution in [0, 0.1) is 11.6 Å². The molecule has 0 saturated carbocycles. The van der Waals surface area contributed by atoms with Crippen LogP contribution >= 0.6 is 0 Å². The largest absolute Gasteiger partial charge is 0.502 e. The van der Waals surface area contributed by atoms with E-state index >= 15 is 0 Å². The number of fused-ring (bicyclic) bond motifs is 3. The van der Waals surface area contributed by atoms with Crippen LogP contribution in [0.25, 0.3) is 0 Å². The third-order valence-corrected chi connectivity index (χ3v) is 5.59. The molecule has 1 atom stereocenters. The van der Waals surface area contributed by atoms with Gasteiger partial charge in [-0.15, -0.1) is 0 Å². The Balaban J connectivity index is 1.69. The fourth-order valence-corrected chi connectivity index (χ4v) is 4.08. The lowest BCUT2D eigenvalue weighted by Gasteiger charge is -2.48. The van der Waals surface area contributed by atoms with Crippen molar-refractivity contribution in [1.82, 2.24) is 19.9 Å². The lowest BCUT2D eigenvalue weighted by atomic mass is 10.1. The van der Waals surface area contributed by atoms with Gasteiger partial charge in [0, 0.05) is 25.4 Å². The Hall–Kier alpha value is -3.50. The molecule has 2 aromatic rings. The maximum absolute atomic E-state index is 13.8. The molecule has 31 heavy (non-hydrogen) atoms. The quantitative estimate of drug-likeness (QED) is 0.747. The molecular formula is C20H21F2N5O4. The molecule has 9 nitrogen and oxygen atoms in total. The Kier molecular flexibility index (Phi) is 5.34. The molecule has 11 heteroatoms. The summed E-state index contributed by atoms with van der Waals surface area (Å²) in [5.74, 6) is -3.96. The highest BCUT2D eigenvalue weighted by Gasteiger charge is 2.40. The standard InChI is InChI=1S/C20H21F2N5O4/c1-2-25-15-5-3-4-6-26(15)27-10-12(17(28)18(29)16(27)20(25)31)19(30)24-9-14-13(22)7-11(21)8-23-14/h7-8,10,15,29H,2-6,9H2,1H3,(H,24,30)/t15-/m0/s1. The Morgan fingerprint density at radius 3 is 2.81 bits per heavy atom. The number of carbonyl (C=O) groups excluding carboxylic acids is 2. The first-order chi connectivity index (χ1) is 14.8. The van der Waals surface area contributed by atoms with Gasteiger partial charge in [-0.1, -0.05) is 0 Å². The SMILES string of the molecule is CCN1C(=O)c2c(O)c(=O)c(C(=O)NCc3ncc(F)cc3F)cn2N2CCCC[C@@H]12. The van der Waals surface area contributed by atoms with E-state index in [1.807, 2.05) is 11.9 Å². The second-order valence-electron chi connectivity index (χ2n) is 7.41. The molecule has 0 aliphatic carbocycles. The third kappa shape index (κ3) is 3.49. The fourth-order valence-electron chi connectivity index (χ4n) is 4.08. The molecule has 2 amide bonds. The van der Waals surface area contributed by atoms with Crippen molar-refractivity contribution in [3.05, 3.63) is 57.3 Å². The summed E-state index contributed by atoms with van der Waals surface area (Å²) >= 11 is 0. The summed E-state index contributed by atoms with van der Waals surface area (Å²) in [7, 11) is 0. The van der Waals surface area contributed by atoms with E-state index in [1.165, 1.54) is 10.9 Å². The van der Waals surface area contributed by atoms with E-state index in [-0.39, 0.29) is 24.1 Å². The molecule has 2 aromatic heterocycles. The van der Waals surface area contributed by atoms with Crippen molar-refractivity contribution < 1.29 is 23.5 Å². The monoisotopic (exact) mass is 433 g/mol. The van der Waals surface area contributed by atoms with Crippen molar-refractivity contribution in [2.75, 3.05) is 18.1 Å². The van der Waals surface area contributed by atoms with Gasteiger partial charge in [-0.25, -0.2) is 8.78 Å². The van der Waals surface area contributed by atoms with Crippen molar-refractivity contribution in [3.63, 3.8) is 0 Å². The fraction of sp³-hybridized carbons (Fsp3) is 0.400. The molecule has 2 aliphatic heterocycles. The summed E-state index contributed by atoms with van der Waals surface area (Å²) in [5, 5.41) is 14.7. The molecule has 0 aromatic carbocycles. The maximum atomic E-state index is 13.8. The van der Waals surface area contributed by atoms with Crippen molar-refractivity contribution >= 4 is 11.8 Å². The third-order valence-electron chi connectivity index (χ3n) is 5.59. The molecule has 0 spiro atoms. The van der Waals surface area contributed by atoms with Crippen LogP contribution in [-0.2, 0) is 6.54 Å². The number of aromatic hydroxyl groups is 1. The minimum atomic E-state index is -1.00. The van der Waals surface area contributed by atoms with Gasteiger partial charge in [-0.05, 0) is 26.2 Å². The smallest absolute Gasteiger partial charge is 0.278 e. The lowest BCUT2D eigenvalue weighted by molar-refractivity contribution is 0.0534. The number of rotatable bonds is 4. The molecule has 1 fully saturated rings. The maximum Gasteiger partial charge on any atom is 0.278 e. The number of nitrogens with zero attached hydrogens (tertiary/aromatic N) is 4. The van der Waals surface area contributed by atoms with E-state index < -0.39 is 40.2 Å². The van der Waals surface area contributed by atoms with Crippen molar-refractivity contribution in [2.24, 2.45) is 0 Å². The second kappa shape index (κ2) is 7.97. The average molecular weight is 433 g/mol. The summed E-state index contributed by atoms with van der Waals surface area (Å²) in [6.07, 6.45) is 4.30. The van der Waals surface area contributed by atoms with Crippen molar-refractivity contribution in [2.45, 2.75) is 38.9 Å². The normalized spacial score (nSPS) is 17.9. The van der Waals surface area contributed by atoms with Crippen LogP contribution in [0.3, 0.4) is 0 Å². The minimum absolute atomic E-state index is 0.187. The highest BCUT2D eigenvalue weighted by Crippen LogP contribution is 2.29. The number of hydrogen-bond acceptors (Lipinski definition) is 6. The van der Waals surface area contributed by atoms with E-state index in [4.69, 9.17) is 0 Å². The first kappa shape index (κ1) is 20.8. The first-order valence-corrected chi connectivity index (χ1v) is 9.98. The van der Waals surface area contributed by atoms with E-state index in [2.05, 4.69) is 10.3 Å². The van der Waals surface area contributed by atoms with Crippen LogP contribution in [0.15, 0.2) is 23.3 Å². The van der Waals surface area contributed by atoms with Crippen molar-refractivity contribution in [1.29, 1.82) is 0 Å². The zero-order valence-electron chi connectivity index (χ0n) is 16.8. The Morgan fingerprint density at radius 1 is 1.32 bits per heavy atom. The first-order valence-electron chi connectivity index (χ1n) is 9.98. The minimum Gasteiger partial charge on any atom is -0.502 e. The Morgan fingerprint density at radius 2 is 2.10 bits per heavy atom. The van der Waals surface area contributed by atoms with Gasteiger partial charge in [-0.3, -0.25) is 29.1 Å². The van der Waals surface area contributed by atoms with E-state index in [0.717, 1.165) is 25.5 Å². The number of amides is 2. The van der Waals surface area contributed by atoms with Gasteiger partial charge >= 0.3 is 0 Å². The van der Waals surface area contributed by atoms with Crippen LogP contribution in [0.2, 0.25) is 0 Å². The molecule has 2 aliphatic rings. The molecule has 1 saturated heterocycles. The Bertz CT molecular complexity index is 1120. The summed E-state index contributed by atoms with van der Waals surface area (Å²) in [4.78, 5) is 43.4. The highest BCUT2D eigenvalue weighted by molar-refractivity contribution is 5.99. The van der Waals surface area contributed by atoms with Gasteiger partial charge in [0.1, 0.15) is 23.4 Å². The predicted octanol–water partition coefficient (Wildman–Crippen LogP) is 1.08.